The molecule has 2 amide bonds. The summed E-state index contributed by atoms with van der Waals surface area (Å²) in [6, 6.07) is 30.5. The number of nitrogens with zero attached hydrogens (tertiary/aromatic N) is 1. The highest BCUT2D eigenvalue weighted by Crippen LogP contribution is 2.26. The lowest BCUT2D eigenvalue weighted by molar-refractivity contribution is -0.141. The van der Waals surface area contributed by atoms with Crippen molar-refractivity contribution < 1.29 is 22.4 Å². The number of benzene rings is 4. The monoisotopic (exact) mass is 613 g/mol. The Kier molecular flexibility index (Phi) is 10.2. The molecule has 0 saturated heterocycles. The minimum Gasteiger partial charge on any atom is -0.354 e. The summed E-state index contributed by atoms with van der Waals surface area (Å²) in [5.74, 6) is -0.948. The highest BCUT2D eigenvalue weighted by atomic mass is 32.2. The molecule has 1 fully saturated rings. The molecule has 0 spiro atoms. The molecule has 7 nitrogen and oxygen atoms in total. The maximum Gasteiger partial charge on any atom is 0.247 e. The first-order valence-electron chi connectivity index (χ1n) is 14.8. The number of rotatable bonds is 14. The summed E-state index contributed by atoms with van der Waals surface area (Å²) in [6.45, 7) is 0.504. The molecule has 0 unspecified atom stereocenters. The number of carbonyl (C=O) groups excluding carboxylic acids is 2. The average molecular weight is 614 g/mol. The minimum absolute atomic E-state index is 0.0116. The first kappa shape index (κ1) is 31.1. The first-order chi connectivity index (χ1) is 21.3. The van der Waals surface area contributed by atoms with Crippen molar-refractivity contribution in [1.29, 1.82) is 0 Å². The Labute approximate surface area is 258 Å². The molecule has 44 heavy (non-hydrogen) atoms. The van der Waals surface area contributed by atoms with Gasteiger partial charge in [-0.1, -0.05) is 84.9 Å². The van der Waals surface area contributed by atoms with Crippen LogP contribution in [-0.4, -0.2) is 37.7 Å². The van der Waals surface area contributed by atoms with Crippen LogP contribution < -0.4 is 10.0 Å². The minimum atomic E-state index is -3.57. The Morgan fingerprint density at radius 1 is 0.773 bits per heavy atom. The molecule has 1 saturated carbocycles. The van der Waals surface area contributed by atoms with E-state index in [0.29, 0.717) is 30.5 Å². The Morgan fingerprint density at radius 2 is 1.36 bits per heavy atom. The number of hydrogen-bond acceptors (Lipinski definition) is 4. The van der Waals surface area contributed by atoms with Gasteiger partial charge in [0.25, 0.3) is 0 Å². The fraction of sp³-hybridized carbons (Fsp3) is 0.257. The van der Waals surface area contributed by atoms with Gasteiger partial charge in [-0.2, -0.15) is 0 Å². The summed E-state index contributed by atoms with van der Waals surface area (Å²) in [5.41, 5.74) is 3.24. The smallest absolute Gasteiger partial charge is 0.247 e. The van der Waals surface area contributed by atoms with E-state index in [-0.39, 0.29) is 41.5 Å². The van der Waals surface area contributed by atoms with Crippen molar-refractivity contribution in [2.45, 2.75) is 55.6 Å². The molecule has 0 bridgehead atoms. The van der Waals surface area contributed by atoms with Crippen molar-refractivity contribution in [3.05, 3.63) is 137 Å². The van der Waals surface area contributed by atoms with Crippen LogP contribution >= 0.6 is 0 Å². The predicted octanol–water partition coefficient (Wildman–Crippen LogP) is 5.33. The van der Waals surface area contributed by atoms with Crippen molar-refractivity contribution >= 4 is 21.8 Å². The second kappa shape index (κ2) is 14.4. The summed E-state index contributed by atoms with van der Waals surface area (Å²) < 4.78 is 41.5. The zero-order valence-electron chi connectivity index (χ0n) is 24.4. The van der Waals surface area contributed by atoms with E-state index in [0.717, 1.165) is 24.0 Å². The van der Waals surface area contributed by atoms with E-state index in [9.17, 15) is 22.4 Å². The molecule has 0 aliphatic heterocycles. The van der Waals surface area contributed by atoms with Crippen LogP contribution in [-0.2, 0) is 39.0 Å². The van der Waals surface area contributed by atoms with E-state index in [1.807, 2.05) is 60.7 Å². The average Bonchev–Trinajstić information content (AvgIpc) is 3.85. The van der Waals surface area contributed by atoms with Gasteiger partial charge in [0, 0.05) is 25.6 Å². The molecule has 0 heterocycles. The molecule has 9 heteroatoms. The number of nitrogens with one attached hydrogen (secondary N) is 2. The number of aryl methyl sites for hydroxylation is 1. The van der Waals surface area contributed by atoms with Gasteiger partial charge in [-0.15, -0.1) is 0 Å². The van der Waals surface area contributed by atoms with Gasteiger partial charge in [0.2, 0.25) is 21.8 Å². The first-order valence-corrected chi connectivity index (χ1v) is 16.3. The fourth-order valence-corrected chi connectivity index (χ4v) is 6.31. The normalized spacial score (nSPS) is 13.7. The molecule has 228 valence electrons. The van der Waals surface area contributed by atoms with Crippen LogP contribution in [0, 0.1) is 5.82 Å². The maximum atomic E-state index is 13.9. The molecule has 4 aromatic carbocycles. The number of sulfonamides is 1. The molecule has 1 aliphatic carbocycles. The van der Waals surface area contributed by atoms with Gasteiger partial charge >= 0.3 is 0 Å². The van der Waals surface area contributed by atoms with Gasteiger partial charge in [-0.25, -0.2) is 17.5 Å². The topological polar surface area (TPSA) is 95.6 Å². The quantitative estimate of drug-likeness (QED) is 0.201. The SMILES string of the molecule is O=C(NCCc1ccccc1)[C@@H](c1ccccc1)N(Cc1ccc(F)cc1)C(=O)CCc1ccc(S(=O)(=O)NC2CC2)cc1. The maximum absolute atomic E-state index is 13.9. The molecule has 2 N–H and O–H groups in total. The highest BCUT2D eigenvalue weighted by Gasteiger charge is 2.31. The van der Waals surface area contributed by atoms with E-state index in [1.165, 1.54) is 12.1 Å². The van der Waals surface area contributed by atoms with Crippen molar-refractivity contribution in [2.24, 2.45) is 0 Å². The zero-order chi connectivity index (χ0) is 30.9. The van der Waals surface area contributed by atoms with E-state index in [4.69, 9.17) is 0 Å². The van der Waals surface area contributed by atoms with Crippen molar-refractivity contribution in [1.82, 2.24) is 14.9 Å². The van der Waals surface area contributed by atoms with Crippen LogP contribution in [0.25, 0.3) is 0 Å². The van der Waals surface area contributed by atoms with Crippen molar-refractivity contribution in [3.8, 4) is 0 Å². The summed E-state index contributed by atoms with van der Waals surface area (Å²) in [6.07, 6.45) is 2.79. The van der Waals surface area contributed by atoms with Crippen molar-refractivity contribution in [3.63, 3.8) is 0 Å². The second-order valence-corrected chi connectivity index (χ2v) is 12.7. The van der Waals surface area contributed by atoms with Crippen LogP contribution in [0.2, 0.25) is 0 Å². The molecule has 0 aromatic heterocycles. The van der Waals surface area contributed by atoms with Gasteiger partial charge in [-0.3, -0.25) is 9.59 Å². The van der Waals surface area contributed by atoms with Crippen LogP contribution in [0.1, 0.15) is 47.6 Å². The van der Waals surface area contributed by atoms with Crippen molar-refractivity contribution in [2.75, 3.05) is 6.54 Å². The van der Waals surface area contributed by atoms with Gasteiger partial charge in [0.1, 0.15) is 11.9 Å². The third-order valence-electron chi connectivity index (χ3n) is 7.58. The molecule has 5 rings (SSSR count). The number of carbonyl (C=O) groups is 2. The van der Waals surface area contributed by atoms with Crippen LogP contribution in [0.15, 0.2) is 114 Å². The fourth-order valence-electron chi connectivity index (χ4n) is 5.01. The van der Waals surface area contributed by atoms with Crippen LogP contribution in [0.3, 0.4) is 0 Å². The second-order valence-electron chi connectivity index (χ2n) is 11.0. The standard InChI is InChI=1S/C35H36FN3O4S/c36-30-16-11-28(12-17-30)25-39(33(40)22-15-27-13-20-32(21-14-27)44(42,43)38-31-18-19-31)34(29-9-5-2-6-10-29)35(41)37-24-23-26-7-3-1-4-8-26/h1-14,16-17,20-21,31,34,38H,15,18-19,22-25H2,(H,37,41)/t34-/m1/s1. The molecular weight excluding hydrogens is 577 g/mol. The molecular formula is C35H36FN3O4S. The third kappa shape index (κ3) is 8.61. The summed E-state index contributed by atoms with van der Waals surface area (Å²) in [7, 11) is -3.57. The van der Waals surface area contributed by atoms with Gasteiger partial charge in [-0.05, 0) is 72.2 Å². The summed E-state index contributed by atoms with van der Waals surface area (Å²) in [4.78, 5) is 29.4. The van der Waals surface area contributed by atoms with Gasteiger partial charge in [0.05, 0.1) is 4.90 Å². The van der Waals surface area contributed by atoms with Crippen LogP contribution in [0.5, 0.6) is 0 Å². The lowest BCUT2D eigenvalue weighted by Crippen LogP contribution is -2.44. The lowest BCUT2D eigenvalue weighted by atomic mass is 10.0. The highest BCUT2D eigenvalue weighted by molar-refractivity contribution is 7.89. The zero-order valence-corrected chi connectivity index (χ0v) is 25.2. The van der Waals surface area contributed by atoms with E-state index < -0.39 is 16.1 Å². The Balaban J connectivity index is 1.34. The van der Waals surface area contributed by atoms with Gasteiger partial charge < -0.3 is 10.2 Å². The van der Waals surface area contributed by atoms with Crippen LogP contribution in [0.4, 0.5) is 4.39 Å². The molecule has 1 aliphatic rings. The van der Waals surface area contributed by atoms with E-state index in [2.05, 4.69) is 10.0 Å². The largest absolute Gasteiger partial charge is 0.354 e. The Hall–Kier alpha value is -4.34. The summed E-state index contributed by atoms with van der Waals surface area (Å²) >= 11 is 0. The van der Waals surface area contributed by atoms with Gasteiger partial charge in [0.15, 0.2) is 0 Å². The van der Waals surface area contributed by atoms with E-state index in [1.54, 1.807) is 41.3 Å². The predicted molar refractivity (Wildman–Crippen MR) is 167 cm³/mol. The number of halogens is 1. The Morgan fingerprint density at radius 3 is 2.00 bits per heavy atom. The van der Waals surface area contributed by atoms with E-state index >= 15 is 0 Å². The Bertz CT molecular complexity index is 1640. The molecule has 4 aromatic rings. The number of amides is 2. The molecule has 1 atom stereocenters. The third-order valence-corrected chi connectivity index (χ3v) is 9.11. The lowest BCUT2D eigenvalue weighted by Gasteiger charge is -2.32. The summed E-state index contributed by atoms with van der Waals surface area (Å²) in [5, 5.41) is 3.02. The number of hydrogen-bond donors (Lipinski definition) is 2. The molecule has 0 radical (unpaired) electrons.